The Kier molecular flexibility index (Phi) is 1.62. The lowest BCUT2D eigenvalue weighted by molar-refractivity contribution is 0.654. The maximum Gasteiger partial charge on any atom is 0.0415 e. The highest BCUT2D eigenvalue weighted by molar-refractivity contribution is 5.71. The molecule has 3 aliphatic rings. The quantitative estimate of drug-likeness (QED) is 0.685. The maximum absolute atomic E-state index is 3.68. The molecule has 16 heavy (non-hydrogen) atoms. The lowest BCUT2D eigenvalue weighted by atomic mass is 9.90. The van der Waals surface area contributed by atoms with Crippen molar-refractivity contribution in [2.75, 3.05) is 0 Å². The van der Waals surface area contributed by atoms with Crippen LogP contribution in [-0.4, -0.2) is 0 Å². The van der Waals surface area contributed by atoms with E-state index < -0.39 is 0 Å². The summed E-state index contributed by atoms with van der Waals surface area (Å²) in [6.45, 7) is 0. The normalized spacial score (nSPS) is 25.8. The lowest BCUT2D eigenvalue weighted by Gasteiger charge is -2.14. The van der Waals surface area contributed by atoms with Gasteiger partial charge in [-0.3, -0.25) is 0 Å². The molecule has 80 valence electrons. The summed E-state index contributed by atoms with van der Waals surface area (Å²) < 4.78 is 0. The van der Waals surface area contributed by atoms with Gasteiger partial charge in [-0.25, -0.2) is 0 Å². The van der Waals surface area contributed by atoms with E-state index in [0.29, 0.717) is 5.92 Å². The zero-order valence-electron chi connectivity index (χ0n) is 9.29. The van der Waals surface area contributed by atoms with Gasteiger partial charge in [-0.05, 0) is 36.5 Å². The number of benzene rings is 1. The van der Waals surface area contributed by atoms with E-state index >= 15 is 0 Å². The van der Waals surface area contributed by atoms with Gasteiger partial charge in [0.1, 0.15) is 0 Å². The van der Waals surface area contributed by atoms with Crippen LogP contribution in [0.5, 0.6) is 0 Å². The Morgan fingerprint density at radius 3 is 2.94 bits per heavy atom. The average molecular weight is 209 g/mol. The third kappa shape index (κ3) is 1.01. The number of hydrogen-bond acceptors (Lipinski definition) is 1. The Morgan fingerprint density at radius 1 is 1.06 bits per heavy atom. The van der Waals surface area contributed by atoms with E-state index in [0.717, 1.165) is 0 Å². The summed E-state index contributed by atoms with van der Waals surface area (Å²) in [5, 5.41) is 6.50. The van der Waals surface area contributed by atoms with E-state index in [2.05, 4.69) is 35.7 Å². The number of hydrogen-bond donors (Lipinski definition) is 1. The zero-order chi connectivity index (χ0) is 10.5. The van der Waals surface area contributed by atoms with Gasteiger partial charge in [-0.15, -0.1) is 0 Å². The standard InChI is InChI=1S/C15H15N/c1-2-6-11-10(5-1)9-13-12-7-3-4-8-14(12)16-15(11)13/h1-2,5-6,9,13,16H,3-4,7-8H2. The molecule has 1 aliphatic heterocycles. The first-order chi connectivity index (χ1) is 7.93. The Hall–Kier alpha value is -1.50. The van der Waals surface area contributed by atoms with E-state index in [9.17, 15) is 0 Å². The molecule has 1 aromatic rings. The maximum atomic E-state index is 3.68. The first-order valence-electron chi connectivity index (χ1n) is 6.23. The molecule has 0 saturated carbocycles. The van der Waals surface area contributed by atoms with E-state index in [1.807, 2.05) is 0 Å². The summed E-state index contributed by atoms with van der Waals surface area (Å²) in [6.07, 6.45) is 7.71. The van der Waals surface area contributed by atoms with Crippen LogP contribution < -0.4 is 15.8 Å². The van der Waals surface area contributed by atoms with Gasteiger partial charge in [-0.1, -0.05) is 30.3 Å². The Balaban J connectivity index is 1.94. The van der Waals surface area contributed by atoms with Crippen molar-refractivity contribution in [1.29, 1.82) is 0 Å². The van der Waals surface area contributed by atoms with Crippen LogP contribution in [-0.2, 0) is 0 Å². The first-order valence-corrected chi connectivity index (χ1v) is 6.23. The molecule has 0 saturated heterocycles. The molecule has 1 aromatic carbocycles. The molecule has 0 fully saturated rings. The van der Waals surface area contributed by atoms with Crippen LogP contribution in [0.2, 0.25) is 0 Å². The fraction of sp³-hybridized carbons (Fsp3) is 0.333. The van der Waals surface area contributed by atoms with Crippen LogP contribution in [0.4, 0.5) is 0 Å². The number of nitrogens with one attached hydrogen (secondary N) is 1. The minimum absolute atomic E-state index is 0.577. The molecular formula is C15H15N. The van der Waals surface area contributed by atoms with Crippen LogP contribution in [0.1, 0.15) is 25.7 Å². The lowest BCUT2D eigenvalue weighted by Crippen LogP contribution is -2.25. The van der Waals surface area contributed by atoms with Gasteiger partial charge in [0, 0.05) is 22.5 Å². The van der Waals surface area contributed by atoms with E-state index in [-0.39, 0.29) is 0 Å². The second-order valence-corrected chi connectivity index (χ2v) is 4.98. The summed E-state index contributed by atoms with van der Waals surface area (Å²) in [5.41, 5.74) is 4.64. The Bertz CT molecular complexity index is 607. The molecule has 1 atom stereocenters. The second-order valence-electron chi connectivity index (χ2n) is 4.98. The SMILES string of the molecule is C1=c2ccccc2=C2NC3=C(CCCC3)C12. The summed E-state index contributed by atoms with van der Waals surface area (Å²) in [7, 11) is 0. The van der Waals surface area contributed by atoms with Crippen LogP contribution >= 0.6 is 0 Å². The summed E-state index contributed by atoms with van der Waals surface area (Å²) in [5.74, 6) is 0.577. The topological polar surface area (TPSA) is 12.0 Å². The molecule has 0 radical (unpaired) electrons. The molecular weight excluding hydrogens is 194 g/mol. The Morgan fingerprint density at radius 2 is 1.94 bits per heavy atom. The van der Waals surface area contributed by atoms with Crippen LogP contribution in [0.3, 0.4) is 0 Å². The second kappa shape index (κ2) is 3.00. The van der Waals surface area contributed by atoms with Gasteiger partial charge in [0.25, 0.3) is 0 Å². The molecule has 1 unspecified atom stereocenters. The minimum atomic E-state index is 0.577. The molecule has 0 spiro atoms. The predicted molar refractivity (Wildman–Crippen MR) is 65.7 cm³/mol. The third-order valence-electron chi connectivity index (χ3n) is 4.08. The highest BCUT2D eigenvalue weighted by Crippen LogP contribution is 2.39. The molecule has 2 aliphatic carbocycles. The monoisotopic (exact) mass is 209 g/mol. The summed E-state index contributed by atoms with van der Waals surface area (Å²) >= 11 is 0. The summed E-state index contributed by atoms with van der Waals surface area (Å²) in [4.78, 5) is 0. The smallest absolute Gasteiger partial charge is 0.0415 e. The largest absolute Gasteiger partial charge is 0.361 e. The van der Waals surface area contributed by atoms with Crippen molar-refractivity contribution in [2.45, 2.75) is 25.7 Å². The molecule has 1 heteroatoms. The minimum Gasteiger partial charge on any atom is -0.361 e. The van der Waals surface area contributed by atoms with Gasteiger partial charge in [0.05, 0.1) is 0 Å². The molecule has 0 bridgehead atoms. The van der Waals surface area contributed by atoms with E-state index in [1.165, 1.54) is 47.5 Å². The van der Waals surface area contributed by atoms with Crippen LogP contribution in [0.15, 0.2) is 35.5 Å². The fourth-order valence-electron chi connectivity index (χ4n) is 3.32. The van der Waals surface area contributed by atoms with Gasteiger partial charge in [0.2, 0.25) is 0 Å². The highest BCUT2D eigenvalue weighted by Gasteiger charge is 2.31. The fourth-order valence-corrected chi connectivity index (χ4v) is 3.32. The molecule has 0 aromatic heterocycles. The molecule has 1 N–H and O–H groups in total. The molecule has 4 rings (SSSR count). The number of rotatable bonds is 0. The summed E-state index contributed by atoms with van der Waals surface area (Å²) in [6, 6.07) is 8.74. The van der Waals surface area contributed by atoms with Crippen molar-refractivity contribution in [2.24, 2.45) is 5.92 Å². The van der Waals surface area contributed by atoms with Crippen molar-refractivity contribution >= 4 is 11.8 Å². The zero-order valence-corrected chi connectivity index (χ0v) is 9.29. The molecule has 0 amide bonds. The van der Waals surface area contributed by atoms with Gasteiger partial charge in [-0.2, -0.15) is 0 Å². The van der Waals surface area contributed by atoms with Crippen molar-refractivity contribution < 1.29 is 0 Å². The average Bonchev–Trinajstić information content (AvgIpc) is 2.85. The Labute approximate surface area is 95.2 Å². The van der Waals surface area contributed by atoms with Crippen molar-refractivity contribution in [3.63, 3.8) is 0 Å². The number of fused-ring (bicyclic) bond motifs is 3. The van der Waals surface area contributed by atoms with Crippen LogP contribution in [0.25, 0.3) is 11.8 Å². The third-order valence-corrected chi connectivity index (χ3v) is 4.08. The first kappa shape index (κ1) is 8.63. The van der Waals surface area contributed by atoms with Crippen LogP contribution in [0, 0.1) is 5.92 Å². The van der Waals surface area contributed by atoms with Crippen molar-refractivity contribution in [3.05, 3.63) is 46.0 Å². The van der Waals surface area contributed by atoms with Gasteiger partial charge >= 0.3 is 0 Å². The van der Waals surface area contributed by atoms with Gasteiger partial charge in [0.15, 0.2) is 0 Å². The van der Waals surface area contributed by atoms with E-state index in [4.69, 9.17) is 0 Å². The molecule has 1 heterocycles. The van der Waals surface area contributed by atoms with E-state index in [1.54, 1.807) is 5.57 Å². The predicted octanol–water partition coefficient (Wildman–Crippen LogP) is 1.64. The van der Waals surface area contributed by atoms with Crippen molar-refractivity contribution in [1.82, 2.24) is 5.32 Å². The highest BCUT2D eigenvalue weighted by atomic mass is 14.9. The molecule has 1 nitrogen and oxygen atoms in total. The van der Waals surface area contributed by atoms with Gasteiger partial charge < -0.3 is 5.32 Å². The van der Waals surface area contributed by atoms with Crippen molar-refractivity contribution in [3.8, 4) is 0 Å². The number of allylic oxidation sites excluding steroid dienone is 1.